The lowest BCUT2D eigenvalue weighted by molar-refractivity contribution is 0.111. The quantitative estimate of drug-likeness (QED) is 0.531. The van der Waals surface area contributed by atoms with Crippen LogP contribution in [0.15, 0.2) is 0 Å². The zero-order valence-electron chi connectivity index (χ0n) is 19.2. The van der Waals surface area contributed by atoms with E-state index in [0.29, 0.717) is 6.04 Å². The Hall–Kier alpha value is -0.120. The van der Waals surface area contributed by atoms with E-state index >= 15 is 0 Å². The highest BCUT2D eigenvalue weighted by Gasteiger charge is 2.17. The van der Waals surface area contributed by atoms with E-state index in [0.717, 1.165) is 18.9 Å². The summed E-state index contributed by atoms with van der Waals surface area (Å²) in [7, 11) is 4.07. The fraction of sp³-hybridized carbons (Fsp3) is 1.00. The average molecular weight is 385 g/mol. The van der Waals surface area contributed by atoms with Crippen molar-refractivity contribution in [3.8, 4) is 0 Å². The van der Waals surface area contributed by atoms with Crippen LogP contribution in [0.4, 0.5) is 0 Å². The smallest absolute Gasteiger partial charge is 0.0693 e. The summed E-state index contributed by atoms with van der Waals surface area (Å²) in [6.07, 6.45) is 22.8. The lowest BCUT2D eigenvalue weighted by Crippen LogP contribution is -2.37. The molecule has 0 aromatic rings. The standard InChI is InChI=1S/C11H23NO.C11H23N.C2H6/c1-12-10-8-6-4-2-3-5-7-9-11(10)13;1-12-11-9-7-5-3-2-4-6-8-10-11;1-2/h10-13H,2-9H2,1H3;11-12H,2-10H2,1H3;1-2H3. The summed E-state index contributed by atoms with van der Waals surface area (Å²) in [5.74, 6) is 0. The first-order valence-corrected chi connectivity index (χ1v) is 12.3. The summed E-state index contributed by atoms with van der Waals surface area (Å²) < 4.78 is 0. The van der Waals surface area contributed by atoms with Gasteiger partial charge in [-0.3, -0.25) is 0 Å². The highest BCUT2D eigenvalue weighted by molar-refractivity contribution is 4.75. The Morgan fingerprint density at radius 3 is 1.30 bits per heavy atom. The maximum Gasteiger partial charge on any atom is 0.0693 e. The molecule has 0 aromatic carbocycles. The van der Waals surface area contributed by atoms with E-state index < -0.39 is 0 Å². The van der Waals surface area contributed by atoms with Crippen molar-refractivity contribution in [3.63, 3.8) is 0 Å². The zero-order chi connectivity index (χ0) is 20.2. The Morgan fingerprint density at radius 2 is 0.889 bits per heavy atom. The minimum absolute atomic E-state index is 0.122. The first-order valence-electron chi connectivity index (χ1n) is 12.3. The molecule has 0 heterocycles. The van der Waals surface area contributed by atoms with Crippen molar-refractivity contribution in [2.24, 2.45) is 0 Å². The second-order valence-electron chi connectivity index (χ2n) is 8.20. The van der Waals surface area contributed by atoms with Crippen LogP contribution in [0.25, 0.3) is 0 Å². The average Bonchev–Trinajstić information content (AvgIpc) is 2.72. The van der Waals surface area contributed by atoms with Gasteiger partial charge in [0, 0.05) is 12.1 Å². The molecule has 3 nitrogen and oxygen atoms in total. The van der Waals surface area contributed by atoms with Crippen LogP contribution in [0, 0.1) is 0 Å². The predicted molar refractivity (Wildman–Crippen MR) is 122 cm³/mol. The molecule has 3 N–H and O–H groups in total. The summed E-state index contributed by atoms with van der Waals surface area (Å²) >= 11 is 0. The molecule has 0 amide bonds. The third-order valence-electron chi connectivity index (χ3n) is 6.11. The molecule has 0 aromatic heterocycles. The minimum Gasteiger partial charge on any atom is -0.392 e. The van der Waals surface area contributed by atoms with Crippen LogP contribution < -0.4 is 10.6 Å². The van der Waals surface area contributed by atoms with Gasteiger partial charge in [0.1, 0.15) is 0 Å². The third-order valence-corrected chi connectivity index (χ3v) is 6.11. The van der Waals surface area contributed by atoms with Crippen molar-refractivity contribution in [2.75, 3.05) is 14.1 Å². The Labute approximate surface area is 171 Å². The predicted octanol–water partition coefficient (Wildman–Crippen LogP) is 6.19. The topological polar surface area (TPSA) is 44.3 Å². The van der Waals surface area contributed by atoms with Gasteiger partial charge >= 0.3 is 0 Å². The van der Waals surface area contributed by atoms with E-state index in [-0.39, 0.29) is 6.10 Å². The van der Waals surface area contributed by atoms with Crippen LogP contribution >= 0.6 is 0 Å². The highest BCUT2D eigenvalue weighted by Crippen LogP contribution is 2.17. The minimum atomic E-state index is -0.122. The molecule has 2 saturated carbocycles. The number of hydrogen-bond donors (Lipinski definition) is 3. The van der Waals surface area contributed by atoms with E-state index in [9.17, 15) is 5.11 Å². The number of likely N-dealkylation sites (N-methyl/N-ethyl adjacent to an activating group) is 1. The van der Waals surface area contributed by atoms with Crippen molar-refractivity contribution in [3.05, 3.63) is 0 Å². The Morgan fingerprint density at radius 1 is 0.519 bits per heavy atom. The molecule has 0 saturated heterocycles. The maximum absolute atomic E-state index is 9.83. The molecule has 2 unspecified atom stereocenters. The van der Waals surface area contributed by atoms with Crippen molar-refractivity contribution in [1.82, 2.24) is 10.6 Å². The van der Waals surface area contributed by atoms with E-state index in [1.165, 1.54) is 96.3 Å². The molecule has 0 aliphatic heterocycles. The van der Waals surface area contributed by atoms with Crippen LogP contribution in [0.2, 0.25) is 0 Å². The summed E-state index contributed by atoms with van der Waals surface area (Å²) in [6, 6.07) is 1.14. The Bertz CT molecular complexity index is 276. The monoisotopic (exact) mass is 384 g/mol. The zero-order valence-corrected chi connectivity index (χ0v) is 19.2. The molecule has 2 rings (SSSR count). The van der Waals surface area contributed by atoms with Gasteiger partial charge in [0.05, 0.1) is 6.10 Å². The van der Waals surface area contributed by atoms with Crippen LogP contribution in [0.5, 0.6) is 0 Å². The van der Waals surface area contributed by atoms with Crippen LogP contribution in [0.1, 0.15) is 123 Å². The number of aliphatic hydroxyl groups excluding tert-OH is 1. The van der Waals surface area contributed by atoms with Gasteiger partial charge in [-0.15, -0.1) is 0 Å². The SMILES string of the molecule is CC.CNC1CCCCCCCCC1.CNC1CCCCCCCCC1O. The molecular weight excluding hydrogens is 332 g/mol. The number of rotatable bonds is 2. The largest absolute Gasteiger partial charge is 0.392 e. The van der Waals surface area contributed by atoms with E-state index in [1.807, 2.05) is 20.9 Å². The lowest BCUT2D eigenvalue weighted by Gasteiger charge is -2.23. The molecule has 2 atom stereocenters. The molecule has 2 aliphatic carbocycles. The molecule has 2 aliphatic rings. The van der Waals surface area contributed by atoms with Crippen LogP contribution in [0.3, 0.4) is 0 Å². The molecular formula is C24H52N2O. The van der Waals surface area contributed by atoms with Crippen LogP contribution in [-0.2, 0) is 0 Å². The molecule has 0 radical (unpaired) electrons. The second-order valence-corrected chi connectivity index (χ2v) is 8.20. The van der Waals surface area contributed by atoms with Gasteiger partial charge in [0.25, 0.3) is 0 Å². The van der Waals surface area contributed by atoms with Crippen molar-refractivity contribution in [1.29, 1.82) is 0 Å². The molecule has 0 spiro atoms. The number of aliphatic hydroxyl groups is 1. The van der Waals surface area contributed by atoms with E-state index in [1.54, 1.807) is 0 Å². The fourth-order valence-corrected chi connectivity index (χ4v) is 4.25. The summed E-state index contributed by atoms with van der Waals surface area (Å²) in [5.41, 5.74) is 0. The third kappa shape index (κ3) is 15.5. The summed E-state index contributed by atoms with van der Waals surface area (Å²) in [5, 5.41) is 16.5. The Kier molecular flexibility index (Phi) is 20.5. The van der Waals surface area contributed by atoms with E-state index in [4.69, 9.17) is 0 Å². The number of nitrogens with one attached hydrogen (secondary N) is 2. The van der Waals surface area contributed by atoms with Gasteiger partial charge in [-0.05, 0) is 39.8 Å². The Balaban J connectivity index is 0.000000460. The summed E-state index contributed by atoms with van der Waals surface area (Å²) in [6.45, 7) is 4.00. The molecule has 0 bridgehead atoms. The van der Waals surface area contributed by atoms with Gasteiger partial charge in [-0.25, -0.2) is 0 Å². The molecule has 27 heavy (non-hydrogen) atoms. The van der Waals surface area contributed by atoms with Crippen molar-refractivity contribution < 1.29 is 5.11 Å². The van der Waals surface area contributed by atoms with Gasteiger partial charge in [-0.2, -0.15) is 0 Å². The molecule has 164 valence electrons. The number of hydrogen-bond acceptors (Lipinski definition) is 3. The first kappa shape index (κ1) is 26.9. The van der Waals surface area contributed by atoms with Gasteiger partial charge < -0.3 is 15.7 Å². The summed E-state index contributed by atoms with van der Waals surface area (Å²) in [4.78, 5) is 0. The van der Waals surface area contributed by atoms with Crippen LogP contribution in [-0.4, -0.2) is 37.4 Å². The second kappa shape index (κ2) is 20.6. The highest BCUT2D eigenvalue weighted by atomic mass is 16.3. The fourth-order valence-electron chi connectivity index (χ4n) is 4.25. The van der Waals surface area contributed by atoms with Gasteiger partial charge in [-0.1, -0.05) is 97.3 Å². The molecule has 3 heteroatoms. The van der Waals surface area contributed by atoms with Gasteiger partial charge in [0.2, 0.25) is 0 Å². The van der Waals surface area contributed by atoms with Crippen molar-refractivity contribution >= 4 is 0 Å². The molecule has 2 fully saturated rings. The normalized spacial score (nSPS) is 26.6. The van der Waals surface area contributed by atoms with E-state index in [2.05, 4.69) is 17.7 Å². The maximum atomic E-state index is 9.83. The van der Waals surface area contributed by atoms with Crippen molar-refractivity contribution in [2.45, 2.75) is 141 Å². The lowest BCUT2D eigenvalue weighted by atomic mass is 9.95. The first-order chi connectivity index (χ1) is 13.3. The van der Waals surface area contributed by atoms with Gasteiger partial charge in [0.15, 0.2) is 0 Å².